The lowest BCUT2D eigenvalue weighted by Crippen LogP contribution is -2.43. The van der Waals surface area contributed by atoms with Gasteiger partial charge < -0.3 is 9.47 Å². The smallest absolute Gasteiger partial charge is 0.251 e. The Morgan fingerprint density at radius 1 is 1.05 bits per heavy atom. The third-order valence-corrected chi connectivity index (χ3v) is 5.02. The van der Waals surface area contributed by atoms with Crippen LogP contribution >= 0.6 is 15.9 Å². The van der Waals surface area contributed by atoms with Gasteiger partial charge in [0.15, 0.2) is 11.5 Å². The predicted octanol–water partition coefficient (Wildman–Crippen LogP) is 5.30. The van der Waals surface area contributed by atoms with Crippen molar-refractivity contribution in [3.63, 3.8) is 0 Å². The van der Waals surface area contributed by atoms with Gasteiger partial charge in [-0.15, -0.1) is 0 Å². The Bertz CT molecular complexity index is 452. The molecule has 0 aromatic heterocycles. The maximum atomic E-state index is 6.19. The second-order valence-electron chi connectivity index (χ2n) is 5.83. The molecule has 1 aromatic carbocycles. The summed E-state index contributed by atoms with van der Waals surface area (Å²) in [5, 5.41) is 0. The van der Waals surface area contributed by atoms with Gasteiger partial charge in [-0.05, 0) is 40.9 Å². The molecule has 2 aliphatic rings. The summed E-state index contributed by atoms with van der Waals surface area (Å²) in [4.78, 5) is 0. The van der Waals surface area contributed by atoms with Crippen LogP contribution in [0.2, 0.25) is 0 Å². The lowest BCUT2D eigenvalue weighted by atomic mass is 9.85. The molecular weight excluding hydrogens is 304 g/mol. The molecule has 1 fully saturated rings. The van der Waals surface area contributed by atoms with Crippen molar-refractivity contribution in [1.29, 1.82) is 0 Å². The first kappa shape index (κ1) is 13.3. The van der Waals surface area contributed by atoms with Crippen LogP contribution in [0.4, 0.5) is 0 Å². The average molecular weight is 325 g/mol. The number of hydrogen-bond acceptors (Lipinski definition) is 2. The Morgan fingerprint density at radius 3 is 2.42 bits per heavy atom. The monoisotopic (exact) mass is 324 g/mol. The standard InChI is InChI=1S/C16H21BrO2/c1-16(12-8-5-3-2-4-6-9-12)18-14-11-7-10-13(17)15(14)19-16/h7,10-12H,2-6,8-9H2,1H3. The molecule has 1 saturated carbocycles. The molecule has 0 N–H and O–H groups in total. The van der Waals surface area contributed by atoms with Gasteiger partial charge >= 0.3 is 0 Å². The average Bonchev–Trinajstić information content (AvgIpc) is 2.67. The molecule has 0 saturated heterocycles. The molecule has 3 rings (SSSR count). The highest BCUT2D eigenvalue weighted by atomic mass is 79.9. The largest absolute Gasteiger partial charge is 0.448 e. The SMILES string of the molecule is CC1(C2CCCCCCC2)Oc2cccc(Br)c2O1. The molecule has 104 valence electrons. The number of halogens is 1. The Morgan fingerprint density at radius 2 is 1.74 bits per heavy atom. The van der Waals surface area contributed by atoms with Crippen molar-refractivity contribution in [2.45, 2.75) is 57.7 Å². The molecule has 2 nitrogen and oxygen atoms in total. The minimum absolute atomic E-state index is 0.483. The minimum atomic E-state index is -0.483. The van der Waals surface area contributed by atoms with E-state index in [1.807, 2.05) is 18.2 Å². The van der Waals surface area contributed by atoms with Crippen LogP contribution in [0.1, 0.15) is 51.9 Å². The molecule has 1 atom stereocenters. The van der Waals surface area contributed by atoms with Gasteiger partial charge in [-0.25, -0.2) is 0 Å². The van der Waals surface area contributed by atoms with Crippen LogP contribution in [0.25, 0.3) is 0 Å². The summed E-state index contributed by atoms with van der Waals surface area (Å²) in [6.45, 7) is 2.10. The van der Waals surface area contributed by atoms with Crippen LogP contribution in [0, 0.1) is 5.92 Å². The fraction of sp³-hybridized carbons (Fsp3) is 0.625. The highest BCUT2D eigenvalue weighted by molar-refractivity contribution is 9.10. The lowest BCUT2D eigenvalue weighted by molar-refractivity contribution is -0.117. The molecule has 1 heterocycles. The van der Waals surface area contributed by atoms with Gasteiger partial charge in [0.25, 0.3) is 5.79 Å². The molecular formula is C16H21BrO2. The van der Waals surface area contributed by atoms with Crippen molar-refractivity contribution in [2.75, 3.05) is 0 Å². The fourth-order valence-corrected chi connectivity index (χ4v) is 3.69. The molecule has 3 heteroatoms. The zero-order valence-electron chi connectivity index (χ0n) is 11.5. The van der Waals surface area contributed by atoms with Gasteiger partial charge in [0.05, 0.1) is 4.47 Å². The van der Waals surface area contributed by atoms with Crippen LogP contribution in [0.5, 0.6) is 11.5 Å². The zero-order chi connectivity index (χ0) is 13.3. The van der Waals surface area contributed by atoms with Crippen LogP contribution in [0.3, 0.4) is 0 Å². The highest BCUT2D eigenvalue weighted by Crippen LogP contribution is 2.48. The van der Waals surface area contributed by atoms with Crippen molar-refractivity contribution in [2.24, 2.45) is 5.92 Å². The van der Waals surface area contributed by atoms with Crippen molar-refractivity contribution >= 4 is 15.9 Å². The first-order valence-electron chi connectivity index (χ1n) is 7.35. The lowest BCUT2D eigenvalue weighted by Gasteiger charge is -2.33. The van der Waals surface area contributed by atoms with E-state index >= 15 is 0 Å². The fourth-order valence-electron chi connectivity index (χ4n) is 3.26. The molecule has 1 aromatic rings. The summed E-state index contributed by atoms with van der Waals surface area (Å²) in [5.41, 5.74) is 0. The molecule has 0 spiro atoms. The van der Waals surface area contributed by atoms with E-state index in [1.165, 1.54) is 44.9 Å². The molecule has 19 heavy (non-hydrogen) atoms. The van der Waals surface area contributed by atoms with E-state index in [4.69, 9.17) is 9.47 Å². The Hall–Kier alpha value is -0.700. The third-order valence-electron chi connectivity index (χ3n) is 4.39. The second-order valence-corrected chi connectivity index (χ2v) is 6.68. The normalized spacial score (nSPS) is 27.9. The quantitative estimate of drug-likeness (QED) is 0.698. The Labute approximate surface area is 123 Å². The number of hydrogen-bond donors (Lipinski definition) is 0. The van der Waals surface area contributed by atoms with Gasteiger partial charge in [-0.3, -0.25) is 0 Å². The van der Waals surface area contributed by atoms with E-state index < -0.39 is 5.79 Å². The Kier molecular flexibility index (Phi) is 3.75. The van der Waals surface area contributed by atoms with E-state index in [-0.39, 0.29) is 0 Å². The van der Waals surface area contributed by atoms with Crippen molar-refractivity contribution in [3.05, 3.63) is 22.7 Å². The van der Waals surface area contributed by atoms with Crippen LogP contribution in [0.15, 0.2) is 22.7 Å². The summed E-state index contributed by atoms with van der Waals surface area (Å²) in [5.74, 6) is 1.75. The van der Waals surface area contributed by atoms with E-state index in [0.717, 1.165) is 16.0 Å². The van der Waals surface area contributed by atoms with Gasteiger partial charge in [-0.1, -0.05) is 38.2 Å². The van der Waals surface area contributed by atoms with Gasteiger partial charge in [-0.2, -0.15) is 0 Å². The van der Waals surface area contributed by atoms with E-state index in [1.54, 1.807) is 0 Å². The highest BCUT2D eigenvalue weighted by Gasteiger charge is 2.44. The first-order chi connectivity index (χ1) is 9.19. The van der Waals surface area contributed by atoms with Crippen molar-refractivity contribution in [3.8, 4) is 11.5 Å². The second kappa shape index (κ2) is 5.35. The topological polar surface area (TPSA) is 18.5 Å². The van der Waals surface area contributed by atoms with Gasteiger partial charge in [0, 0.05) is 12.8 Å². The van der Waals surface area contributed by atoms with Crippen molar-refractivity contribution < 1.29 is 9.47 Å². The number of ether oxygens (including phenoxy) is 2. The molecule has 1 aliphatic carbocycles. The maximum Gasteiger partial charge on any atom is 0.251 e. The molecule has 0 radical (unpaired) electrons. The van der Waals surface area contributed by atoms with E-state index in [0.29, 0.717) is 5.92 Å². The summed E-state index contributed by atoms with van der Waals surface area (Å²) in [6.07, 6.45) is 9.10. The molecule has 1 unspecified atom stereocenters. The molecule has 0 amide bonds. The third kappa shape index (κ3) is 2.62. The predicted molar refractivity (Wildman–Crippen MR) is 79.6 cm³/mol. The van der Waals surface area contributed by atoms with E-state index in [9.17, 15) is 0 Å². The molecule has 0 bridgehead atoms. The maximum absolute atomic E-state index is 6.19. The first-order valence-corrected chi connectivity index (χ1v) is 8.15. The zero-order valence-corrected chi connectivity index (χ0v) is 13.0. The summed E-state index contributed by atoms with van der Waals surface area (Å²) < 4.78 is 13.3. The number of fused-ring (bicyclic) bond motifs is 1. The van der Waals surface area contributed by atoms with Gasteiger partial charge in [0.2, 0.25) is 0 Å². The summed E-state index contributed by atoms with van der Waals surface area (Å²) in [7, 11) is 0. The minimum Gasteiger partial charge on any atom is -0.448 e. The Balaban J connectivity index is 1.79. The van der Waals surface area contributed by atoms with Crippen molar-refractivity contribution in [1.82, 2.24) is 0 Å². The summed E-state index contributed by atoms with van der Waals surface area (Å²) in [6, 6.07) is 6.00. The number of rotatable bonds is 1. The van der Waals surface area contributed by atoms with Crippen LogP contribution in [-0.4, -0.2) is 5.79 Å². The van der Waals surface area contributed by atoms with Crippen LogP contribution in [-0.2, 0) is 0 Å². The van der Waals surface area contributed by atoms with E-state index in [2.05, 4.69) is 22.9 Å². The number of para-hydroxylation sites is 1. The van der Waals surface area contributed by atoms with Gasteiger partial charge in [0.1, 0.15) is 0 Å². The molecule has 1 aliphatic heterocycles. The summed E-state index contributed by atoms with van der Waals surface area (Å²) >= 11 is 3.55. The number of benzene rings is 1. The van der Waals surface area contributed by atoms with Crippen LogP contribution < -0.4 is 9.47 Å².